The molecule has 3 heterocycles. The Morgan fingerprint density at radius 2 is 1.77 bits per heavy atom. The third kappa shape index (κ3) is 9.65. The van der Waals surface area contributed by atoms with Gasteiger partial charge in [0.2, 0.25) is 21.8 Å². The predicted octanol–water partition coefficient (Wildman–Crippen LogP) is 4.32. The molecule has 17 heteroatoms. The number of nitrogens with one attached hydrogen (secondary N) is 3. The van der Waals surface area contributed by atoms with Crippen LogP contribution in [0.5, 0.6) is 0 Å². The smallest absolute Gasteiger partial charge is 0.410 e. The quantitative estimate of drug-likeness (QED) is 0.359. The molecule has 2 aromatic carbocycles. The molecule has 5 amide bonds. The number of nitrogens with zero attached hydrogens (tertiary/aromatic N) is 2. The first kappa shape index (κ1) is 40.6. The van der Waals surface area contributed by atoms with E-state index in [2.05, 4.69) is 15.4 Å². The molecule has 1 saturated heterocycles. The van der Waals surface area contributed by atoms with Crippen LogP contribution >= 0.6 is 0 Å². The van der Waals surface area contributed by atoms with Crippen molar-refractivity contribution in [3.8, 4) is 0 Å². The van der Waals surface area contributed by atoms with Gasteiger partial charge in [0.15, 0.2) is 0 Å². The number of alkyl carbamates (subject to hydrolysis) is 1. The number of halogens is 2. The van der Waals surface area contributed by atoms with E-state index < -0.39 is 92.6 Å². The molecule has 302 valence electrons. The van der Waals surface area contributed by atoms with E-state index in [1.807, 2.05) is 6.08 Å². The molecule has 5 atom stereocenters. The fraction of sp³-hybridized carbons (Fsp3) is 0.513. The highest BCUT2D eigenvalue weighted by Gasteiger charge is 2.61. The van der Waals surface area contributed by atoms with Crippen LogP contribution in [-0.4, -0.2) is 84.0 Å². The number of ether oxygens (including phenoxy) is 2. The highest BCUT2D eigenvalue weighted by atomic mass is 32.2. The summed E-state index contributed by atoms with van der Waals surface area (Å²) in [6.45, 7) is 4.87. The molecular formula is C39H47F2N5O9S. The van der Waals surface area contributed by atoms with E-state index in [4.69, 9.17) is 9.47 Å². The molecule has 0 spiro atoms. The summed E-state index contributed by atoms with van der Waals surface area (Å²) in [5.41, 5.74) is -1.32. The van der Waals surface area contributed by atoms with Gasteiger partial charge in [-0.3, -0.25) is 24.0 Å². The van der Waals surface area contributed by atoms with Gasteiger partial charge in [0.05, 0.1) is 18.8 Å². The molecule has 56 heavy (non-hydrogen) atoms. The van der Waals surface area contributed by atoms with Gasteiger partial charge >= 0.3 is 12.2 Å². The number of sulfonamides is 1. The number of fused-ring (bicyclic) bond motifs is 3. The molecule has 0 aromatic heterocycles. The standard InChI is InChI=1S/C39H47F2N5O9S/c1-38(2,3)55-36(50)42-31-13-8-6-4-5-7-11-26-19-39(26,35(49)44-56(52,53)23-24-14-16-27(40)17-15-24)43-33(47)32-18-28(21-46(32)34(31)48)54-37(51)45-20-25-10-9-12-30(41)29(25)22-45/h7,9-12,14-17,26,28,31-32H,4-6,8,13,18-23H2,1-3H3,(H,42,50)(H,43,47)(H,44,49)/b11-7-/t26-,28+,31-,32-,39+/m0/s1. The lowest BCUT2D eigenvalue weighted by atomic mass is 10.0. The van der Waals surface area contributed by atoms with Crippen molar-refractivity contribution in [3.05, 3.63) is 82.9 Å². The molecule has 0 bridgehead atoms. The lowest BCUT2D eigenvalue weighted by Crippen LogP contribution is -2.58. The van der Waals surface area contributed by atoms with Gasteiger partial charge in [0.25, 0.3) is 5.91 Å². The lowest BCUT2D eigenvalue weighted by Gasteiger charge is -2.30. The van der Waals surface area contributed by atoms with Gasteiger partial charge in [-0.15, -0.1) is 0 Å². The summed E-state index contributed by atoms with van der Waals surface area (Å²) in [6, 6.07) is 6.91. The van der Waals surface area contributed by atoms with Crippen LogP contribution in [0.25, 0.3) is 0 Å². The van der Waals surface area contributed by atoms with Gasteiger partial charge in [-0.25, -0.2) is 26.8 Å². The van der Waals surface area contributed by atoms with Crippen molar-refractivity contribution >= 4 is 39.9 Å². The van der Waals surface area contributed by atoms with E-state index in [1.165, 1.54) is 28.0 Å². The third-order valence-corrected chi connectivity index (χ3v) is 11.5. The van der Waals surface area contributed by atoms with Crippen molar-refractivity contribution < 1.29 is 50.6 Å². The fourth-order valence-corrected chi connectivity index (χ4v) is 8.58. The Labute approximate surface area is 324 Å². The van der Waals surface area contributed by atoms with E-state index in [0.717, 1.165) is 12.1 Å². The molecule has 1 saturated carbocycles. The Kier molecular flexibility index (Phi) is 11.7. The zero-order valence-corrected chi connectivity index (χ0v) is 32.3. The highest BCUT2D eigenvalue weighted by Crippen LogP contribution is 2.46. The van der Waals surface area contributed by atoms with Gasteiger partial charge < -0.3 is 25.0 Å². The van der Waals surface area contributed by atoms with E-state index in [9.17, 15) is 41.2 Å². The van der Waals surface area contributed by atoms with Crippen LogP contribution in [-0.2, 0) is 52.7 Å². The van der Waals surface area contributed by atoms with Gasteiger partial charge in [-0.2, -0.15) is 0 Å². The first-order chi connectivity index (χ1) is 26.4. The molecule has 3 N–H and O–H groups in total. The summed E-state index contributed by atoms with van der Waals surface area (Å²) in [5, 5.41) is 5.39. The monoisotopic (exact) mass is 799 g/mol. The topological polar surface area (TPSA) is 181 Å². The maximum Gasteiger partial charge on any atom is 0.410 e. The molecule has 2 fully saturated rings. The van der Waals surface area contributed by atoms with Crippen LogP contribution in [0.15, 0.2) is 54.6 Å². The number of allylic oxidation sites excluding steroid dienone is 1. The van der Waals surface area contributed by atoms with E-state index >= 15 is 0 Å². The second kappa shape index (κ2) is 16.2. The van der Waals surface area contributed by atoms with Crippen molar-refractivity contribution in [2.24, 2.45) is 5.92 Å². The number of hydrogen-bond donors (Lipinski definition) is 3. The summed E-state index contributed by atoms with van der Waals surface area (Å²) in [5.74, 6) is -4.61. The SMILES string of the molecule is CC(C)(C)OC(=O)N[C@H]1CCCCC/C=C\[C@H]2C[C@@]2(C(=O)NS(=O)(=O)Cc2ccc(F)cc2)NC(=O)[C@@H]2C[C@@H](OC(=O)N3Cc4cccc(F)c4C3)CN2C1=O. The summed E-state index contributed by atoms with van der Waals surface area (Å²) >= 11 is 0. The largest absolute Gasteiger partial charge is 0.444 e. The minimum absolute atomic E-state index is 0.0292. The summed E-state index contributed by atoms with van der Waals surface area (Å²) in [4.78, 5) is 71.3. The first-order valence-corrected chi connectivity index (χ1v) is 20.4. The number of benzene rings is 2. The van der Waals surface area contributed by atoms with Crippen LogP contribution in [0.3, 0.4) is 0 Å². The first-order valence-electron chi connectivity index (χ1n) is 18.7. The second-order valence-corrected chi connectivity index (χ2v) is 17.6. The minimum atomic E-state index is -4.30. The van der Waals surface area contributed by atoms with E-state index in [0.29, 0.717) is 36.8 Å². The van der Waals surface area contributed by atoms with Gasteiger partial charge in [0.1, 0.15) is 41.0 Å². The zero-order valence-electron chi connectivity index (χ0n) is 31.5. The van der Waals surface area contributed by atoms with Crippen LogP contribution in [0, 0.1) is 17.6 Å². The molecular weight excluding hydrogens is 753 g/mol. The molecule has 14 nitrogen and oxygen atoms in total. The average Bonchev–Trinajstić information content (AvgIpc) is 3.40. The zero-order chi connectivity index (χ0) is 40.4. The maximum atomic E-state index is 14.5. The second-order valence-electron chi connectivity index (χ2n) is 15.8. The number of rotatable bonds is 6. The third-order valence-electron chi connectivity index (χ3n) is 10.3. The number of carbonyl (C=O) groups is 5. The summed E-state index contributed by atoms with van der Waals surface area (Å²) in [6.07, 6.45) is 3.65. The lowest BCUT2D eigenvalue weighted by molar-refractivity contribution is -0.141. The summed E-state index contributed by atoms with van der Waals surface area (Å²) in [7, 11) is -4.30. The van der Waals surface area contributed by atoms with Crippen LogP contribution in [0.2, 0.25) is 0 Å². The molecule has 3 aliphatic heterocycles. The van der Waals surface area contributed by atoms with Crippen molar-refractivity contribution in [1.29, 1.82) is 0 Å². The van der Waals surface area contributed by atoms with Crippen molar-refractivity contribution in [2.75, 3.05) is 6.54 Å². The van der Waals surface area contributed by atoms with Gasteiger partial charge in [0, 0.05) is 24.4 Å². The van der Waals surface area contributed by atoms with Crippen LogP contribution in [0.4, 0.5) is 18.4 Å². The van der Waals surface area contributed by atoms with Crippen molar-refractivity contribution in [2.45, 2.75) is 114 Å². The van der Waals surface area contributed by atoms with Gasteiger partial charge in [-0.05, 0) is 75.8 Å². The molecule has 0 radical (unpaired) electrons. The molecule has 6 rings (SSSR count). The molecule has 1 aliphatic carbocycles. The highest BCUT2D eigenvalue weighted by molar-refractivity contribution is 7.89. The minimum Gasteiger partial charge on any atom is -0.444 e. The number of carbonyl (C=O) groups excluding carboxylic acids is 5. The van der Waals surface area contributed by atoms with Crippen molar-refractivity contribution in [3.63, 3.8) is 0 Å². The Bertz CT molecular complexity index is 2010. The van der Waals surface area contributed by atoms with E-state index in [-0.39, 0.29) is 44.5 Å². The normalized spacial score (nSPS) is 26.0. The average molecular weight is 800 g/mol. The van der Waals surface area contributed by atoms with Crippen molar-refractivity contribution in [1.82, 2.24) is 25.2 Å². The Hall–Kier alpha value is -5.06. The van der Waals surface area contributed by atoms with Gasteiger partial charge in [-0.1, -0.05) is 49.3 Å². The Morgan fingerprint density at radius 1 is 1.02 bits per heavy atom. The molecule has 2 aromatic rings. The molecule has 0 unspecified atom stereocenters. The summed E-state index contributed by atoms with van der Waals surface area (Å²) < 4.78 is 67.5. The Morgan fingerprint density at radius 3 is 2.48 bits per heavy atom. The van der Waals surface area contributed by atoms with E-state index in [1.54, 1.807) is 39.0 Å². The maximum absolute atomic E-state index is 14.5. The predicted molar refractivity (Wildman–Crippen MR) is 198 cm³/mol. The van der Waals surface area contributed by atoms with Crippen LogP contribution in [0.1, 0.15) is 82.4 Å². The number of hydrogen-bond acceptors (Lipinski definition) is 9. The fourth-order valence-electron chi connectivity index (χ4n) is 7.41. The number of amides is 5. The van der Waals surface area contributed by atoms with Crippen LogP contribution < -0.4 is 15.4 Å². The molecule has 4 aliphatic rings. The Balaban J connectivity index is 1.25.